The van der Waals surface area contributed by atoms with Crippen molar-refractivity contribution in [2.75, 3.05) is 7.11 Å². The Balaban J connectivity index is 1.21. The zero-order chi connectivity index (χ0) is 23.6. The number of amides is 2. The third-order valence-electron chi connectivity index (χ3n) is 7.73. The van der Waals surface area contributed by atoms with Crippen LogP contribution in [0.15, 0.2) is 58.1 Å². The fourth-order valence-corrected chi connectivity index (χ4v) is 6.79. The summed E-state index contributed by atoms with van der Waals surface area (Å²) in [6.07, 6.45) is 8.06. The van der Waals surface area contributed by atoms with Crippen LogP contribution in [-0.4, -0.2) is 30.1 Å². The van der Waals surface area contributed by atoms with E-state index in [0.717, 1.165) is 23.4 Å². The van der Waals surface area contributed by atoms with Gasteiger partial charge in [0.2, 0.25) is 0 Å². The van der Waals surface area contributed by atoms with E-state index in [9.17, 15) is 9.59 Å². The number of imide groups is 1. The van der Waals surface area contributed by atoms with Crippen molar-refractivity contribution >= 4 is 45.6 Å². The second kappa shape index (κ2) is 7.95. The largest absolute Gasteiger partial charge is 0.493 e. The van der Waals surface area contributed by atoms with Crippen LogP contribution < -0.4 is 9.47 Å². The molecule has 1 heterocycles. The number of benzene rings is 2. The third kappa shape index (κ3) is 3.17. The predicted octanol–water partition coefficient (Wildman–Crippen LogP) is 5.22. The van der Waals surface area contributed by atoms with E-state index in [1.165, 1.54) is 6.21 Å². The van der Waals surface area contributed by atoms with Gasteiger partial charge < -0.3 is 9.47 Å². The molecule has 1 spiro atoms. The van der Waals surface area contributed by atoms with Crippen LogP contribution in [0.25, 0.3) is 0 Å². The molecule has 2 amide bonds. The predicted molar refractivity (Wildman–Crippen MR) is 131 cm³/mol. The first-order chi connectivity index (χ1) is 16.4. The first-order valence-corrected chi connectivity index (χ1v) is 12.5. The van der Waals surface area contributed by atoms with Gasteiger partial charge >= 0.3 is 0 Å². The number of methoxy groups -OCH3 is 1. The number of allylic oxidation sites excluding steroid dienone is 2. The average Bonchev–Trinajstić information content (AvgIpc) is 3.43. The molecule has 2 aromatic rings. The summed E-state index contributed by atoms with van der Waals surface area (Å²) in [7, 11) is 1.55. The maximum atomic E-state index is 13.1. The number of carbonyl (C=O) groups excluding carboxylic acids is 2. The maximum Gasteiger partial charge on any atom is 0.254 e. The van der Waals surface area contributed by atoms with E-state index < -0.39 is 0 Å². The summed E-state index contributed by atoms with van der Waals surface area (Å²) in [5.74, 6) is 0.510. The van der Waals surface area contributed by atoms with E-state index in [1.807, 2.05) is 30.3 Å². The van der Waals surface area contributed by atoms with Crippen LogP contribution in [0.4, 0.5) is 0 Å². The molecule has 2 aromatic carbocycles. The summed E-state index contributed by atoms with van der Waals surface area (Å²) in [5, 5.41) is 6.00. The zero-order valence-corrected chi connectivity index (χ0v) is 20.8. The van der Waals surface area contributed by atoms with Crippen LogP contribution in [0.3, 0.4) is 0 Å². The van der Waals surface area contributed by atoms with Crippen LogP contribution >= 0.6 is 27.5 Å². The standard InChI is InChI=1S/C26H22BrClN2O4/c1-33-20-11-14(10-18(27)23(20)34-13-15-4-2-3-5-19(15)28)12-29-30-24(31)21-16-6-7-17(22(21)25(30)32)26(16)8-9-26/h2-7,10-12,16-17,21-22H,8-9,13H2,1H3/b29-12-/t16-,17-,21-,22-/m1/s1. The quantitative estimate of drug-likeness (QED) is 0.286. The van der Waals surface area contributed by atoms with Crippen LogP contribution in [-0.2, 0) is 16.2 Å². The molecular weight excluding hydrogens is 520 g/mol. The fourth-order valence-electron chi connectivity index (χ4n) is 6.02. The minimum atomic E-state index is -0.260. The number of carbonyl (C=O) groups is 2. The first-order valence-electron chi connectivity index (χ1n) is 11.3. The molecule has 174 valence electrons. The molecule has 0 radical (unpaired) electrons. The summed E-state index contributed by atoms with van der Waals surface area (Å²) >= 11 is 9.76. The van der Waals surface area contributed by atoms with Gasteiger partial charge in [-0.05, 0) is 69.8 Å². The highest BCUT2D eigenvalue weighted by atomic mass is 79.9. The van der Waals surface area contributed by atoms with Gasteiger partial charge in [-0.2, -0.15) is 10.1 Å². The molecule has 1 saturated heterocycles. The molecule has 4 aliphatic rings. The zero-order valence-electron chi connectivity index (χ0n) is 18.4. The Labute approximate surface area is 210 Å². The molecule has 1 aliphatic heterocycles. The lowest BCUT2D eigenvalue weighted by Crippen LogP contribution is -2.30. The van der Waals surface area contributed by atoms with Gasteiger partial charge in [-0.1, -0.05) is 42.0 Å². The Morgan fingerprint density at radius 1 is 1.15 bits per heavy atom. The molecule has 0 aromatic heterocycles. The van der Waals surface area contributed by atoms with Crippen molar-refractivity contribution in [1.82, 2.24) is 5.01 Å². The molecule has 2 saturated carbocycles. The summed E-state index contributed by atoms with van der Waals surface area (Å²) < 4.78 is 12.2. The molecule has 6 nitrogen and oxygen atoms in total. The lowest BCUT2D eigenvalue weighted by Gasteiger charge is -2.18. The molecular formula is C26H22BrClN2O4. The number of nitrogens with zero attached hydrogens (tertiary/aromatic N) is 2. The number of fused-ring (bicyclic) bond motifs is 3. The lowest BCUT2D eigenvalue weighted by atomic mass is 9.85. The van der Waals surface area contributed by atoms with Gasteiger partial charge in [0.1, 0.15) is 6.61 Å². The van der Waals surface area contributed by atoms with Crippen molar-refractivity contribution in [3.05, 3.63) is 69.2 Å². The normalized spacial score (nSPS) is 27.8. The molecule has 34 heavy (non-hydrogen) atoms. The number of ether oxygens (including phenoxy) is 2. The summed E-state index contributed by atoms with van der Waals surface area (Å²) in [5.41, 5.74) is 1.71. The van der Waals surface area contributed by atoms with Crippen molar-refractivity contribution in [2.24, 2.45) is 34.2 Å². The highest BCUT2D eigenvalue weighted by Crippen LogP contribution is 2.73. The van der Waals surface area contributed by atoms with Crippen LogP contribution in [0.2, 0.25) is 5.02 Å². The molecule has 0 unspecified atom stereocenters. The minimum absolute atomic E-state index is 0.175. The molecule has 3 aliphatic carbocycles. The van der Waals surface area contributed by atoms with Gasteiger partial charge in [-0.3, -0.25) is 9.59 Å². The van der Waals surface area contributed by atoms with Gasteiger partial charge in [0, 0.05) is 10.6 Å². The molecule has 3 fully saturated rings. The minimum Gasteiger partial charge on any atom is -0.493 e. The SMILES string of the molecule is COc1cc(/C=N\N2C(=O)[C@H]3[C@H](C2=O)[C@H]2C=C[C@H]3C23CC3)cc(Br)c1OCc1ccccc1Cl. The number of hydrazone groups is 1. The van der Waals surface area contributed by atoms with Crippen LogP contribution in [0, 0.1) is 29.1 Å². The second-order valence-electron chi connectivity index (χ2n) is 9.37. The van der Waals surface area contributed by atoms with Crippen LogP contribution in [0.1, 0.15) is 24.0 Å². The molecule has 6 rings (SSSR count). The highest BCUT2D eigenvalue weighted by Gasteiger charge is 2.73. The van der Waals surface area contributed by atoms with Crippen molar-refractivity contribution in [2.45, 2.75) is 19.4 Å². The molecule has 4 atom stereocenters. The van der Waals surface area contributed by atoms with E-state index >= 15 is 0 Å². The van der Waals surface area contributed by atoms with E-state index in [1.54, 1.807) is 13.2 Å². The maximum absolute atomic E-state index is 13.1. The second-order valence-corrected chi connectivity index (χ2v) is 10.6. The Kier molecular flexibility index (Phi) is 5.12. The Hall–Kier alpha value is -2.64. The van der Waals surface area contributed by atoms with E-state index in [-0.39, 0.29) is 47.5 Å². The first kappa shape index (κ1) is 21.9. The van der Waals surface area contributed by atoms with E-state index in [0.29, 0.717) is 26.6 Å². The topological polar surface area (TPSA) is 68.2 Å². The average molecular weight is 542 g/mol. The lowest BCUT2D eigenvalue weighted by molar-refractivity contribution is -0.141. The van der Waals surface area contributed by atoms with Gasteiger partial charge in [0.05, 0.1) is 29.6 Å². The van der Waals surface area contributed by atoms with Crippen molar-refractivity contribution in [1.29, 1.82) is 0 Å². The van der Waals surface area contributed by atoms with Gasteiger partial charge in [-0.25, -0.2) is 0 Å². The monoisotopic (exact) mass is 540 g/mol. The van der Waals surface area contributed by atoms with Crippen LogP contribution in [0.5, 0.6) is 11.5 Å². The summed E-state index contributed by atoms with van der Waals surface area (Å²) in [6.45, 7) is 0.277. The summed E-state index contributed by atoms with van der Waals surface area (Å²) in [4.78, 5) is 26.2. The highest BCUT2D eigenvalue weighted by molar-refractivity contribution is 9.10. The van der Waals surface area contributed by atoms with Gasteiger partial charge in [0.15, 0.2) is 11.5 Å². The Bertz CT molecular complexity index is 1240. The smallest absolute Gasteiger partial charge is 0.254 e. The Morgan fingerprint density at radius 3 is 2.44 bits per heavy atom. The fraction of sp³-hybridized carbons (Fsp3) is 0.346. The molecule has 8 heteroatoms. The number of hydrogen-bond donors (Lipinski definition) is 0. The van der Waals surface area contributed by atoms with E-state index in [4.69, 9.17) is 21.1 Å². The van der Waals surface area contributed by atoms with Gasteiger partial charge in [-0.15, -0.1) is 0 Å². The van der Waals surface area contributed by atoms with Gasteiger partial charge in [0.25, 0.3) is 11.8 Å². The summed E-state index contributed by atoms with van der Waals surface area (Å²) in [6, 6.07) is 11.0. The Morgan fingerprint density at radius 2 is 1.82 bits per heavy atom. The molecule has 0 N–H and O–H groups in total. The number of halogens is 2. The van der Waals surface area contributed by atoms with Crippen molar-refractivity contribution < 1.29 is 19.1 Å². The third-order valence-corrected chi connectivity index (χ3v) is 8.69. The van der Waals surface area contributed by atoms with Crippen molar-refractivity contribution in [3.8, 4) is 11.5 Å². The van der Waals surface area contributed by atoms with Crippen molar-refractivity contribution in [3.63, 3.8) is 0 Å². The number of rotatable bonds is 6. The van der Waals surface area contributed by atoms with E-state index in [2.05, 4.69) is 33.2 Å². The molecule has 2 bridgehead atoms. The number of hydrogen-bond acceptors (Lipinski definition) is 5.